The smallest absolute Gasteiger partial charge is 0.228 e. The van der Waals surface area contributed by atoms with Crippen LogP contribution in [-0.4, -0.2) is 59.8 Å². The van der Waals surface area contributed by atoms with E-state index in [0.717, 1.165) is 57.8 Å². The number of methoxy groups -OCH3 is 1. The quantitative estimate of drug-likeness (QED) is 0.282. The van der Waals surface area contributed by atoms with Gasteiger partial charge in [0.25, 0.3) is 0 Å². The van der Waals surface area contributed by atoms with Gasteiger partial charge < -0.3 is 9.47 Å². The van der Waals surface area contributed by atoms with Gasteiger partial charge in [-0.15, -0.1) is 0 Å². The molecule has 6 rings (SSSR count). The highest BCUT2D eigenvalue weighted by Gasteiger charge is 2.31. The predicted molar refractivity (Wildman–Crippen MR) is 138 cm³/mol. The molecular weight excluding hydrogens is 468 g/mol. The Kier molecular flexibility index (Phi) is 6.09. The lowest BCUT2D eigenvalue weighted by Crippen LogP contribution is -2.09. The van der Waals surface area contributed by atoms with E-state index in [9.17, 15) is 0 Å². The van der Waals surface area contributed by atoms with Crippen molar-refractivity contribution in [1.29, 1.82) is 0 Å². The molecule has 1 aliphatic carbocycles. The summed E-state index contributed by atoms with van der Waals surface area (Å²) in [5.41, 5.74) is 6.69. The molecule has 188 valence electrons. The van der Waals surface area contributed by atoms with E-state index >= 15 is 0 Å². The Hall–Kier alpha value is -4.18. The van der Waals surface area contributed by atoms with Crippen molar-refractivity contribution in [1.82, 2.24) is 39.5 Å². The molecule has 0 spiro atoms. The summed E-state index contributed by atoms with van der Waals surface area (Å²) < 4.78 is 14.9. The highest BCUT2D eigenvalue weighted by molar-refractivity contribution is 5.77. The highest BCUT2D eigenvalue weighted by atomic mass is 16.5. The van der Waals surface area contributed by atoms with Gasteiger partial charge in [-0.2, -0.15) is 10.2 Å². The van der Waals surface area contributed by atoms with Crippen molar-refractivity contribution in [3.8, 4) is 23.0 Å². The lowest BCUT2D eigenvalue weighted by molar-refractivity contribution is 0.144. The third kappa shape index (κ3) is 4.67. The van der Waals surface area contributed by atoms with Gasteiger partial charge in [0.1, 0.15) is 18.5 Å². The first kappa shape index (κ1) is 23.2. The number of hydrogen-bond acceptors (Lipinski definition) is 8. The third-order valence-electron chi connectivity index (χ3n) is 6.46. The van der Waals surface area contributed by atoms with Crippen molar-refractivity contribution in [2.24, 2.45) is 0 Å². The predicted octanol–water partition coefficient (Wildman–Crippen LogP) is 4.04. The first-order valence-corrected chi connectivity index (χ1v) is 12.4. The van der Waals surface area contributed by atoms with Crippen LogP contribution in [0.5, 0.6) is 5.88 Å². The second kappa shape index (κ2) is 9.70. The summed E-state index contributed by atoms with van der Waals surface area (Å²) >= 11 is 0. The summed E-state index contributed by atoms with van der Waals surface area (Å²) in [4.78, 5) is 18.5. The molecule has 0 bridgehead atoms. The summed E-state index contributed by atoms with van der Waals surface area (Å²) in [5, 5.41) is 10.0. The fourth-order valence-electron chi connectivity index (χ4n) is 4.50. The van der Waals surface area contributed by atoms with Crippen molar-refractivity contribution >= 4 is 11.0 Å². The summed E-state index contributed by atoms with van der Waals surface area (Å²) in [5.74, 6) is 1.41. The number of fused-ring (bicyclic) bond motifs is 1. The molecule has 0 N–H and O–H groups in total. The van der Waals surface area contributed by atoms with Crippen LogP contribution in [0.3, 0.4) is 0 Å². The standard InChI is InChI=1S/C27H28N8O2/c1-17-12-18(2)35(33-17)22-8-4-19(5-9-22)15-34-26-21(14-31-34)13-28-25(32-26)23-24(20-6-7-20)29-16-30-27(23)37-11-10-36-3/h4-5,8-9,12-14,16,20H,6-7,10-11,15H2,1-3H3. The number of aromatic nitrogens is 8. The van der Waals surface area contributed by atoms with Crippen LogP contribution in [0.1, 0.15) is 41.4 Å². The van der Waals surface area contributed by atoms with Gasteiger partial charge in [0.05, 0.1) is 41.8 Å². The lowest BCUT2D eigenvalue weighted by atomic mass is 10.1. The van der Waals surface area contributed by atoms with E-state index in [1.54, 1.807) is 25.8 Å². The van der Waals surface area contributed by atoms with E-state index < -0.39 is 0 Å². The number of hydrogen-bond donors (Lipinski definition) is 0. The van der Waals surface area contributed by atoms with Crippen molar-refractivity contribution in [2.45, 2.75) is 39.2 Å². The maximum atomic E-state index is 5.94. The molecule has 0 amide bonds. The molecular formula is C27H28N8O2. The molecule has 0 aliphatic heterocycles. The van der Waals surface area contributed by atoms with Crippen molar-refractivity contribution < 1.29 is 9.47 Å². The molecule has 0 radical (unpaired) electrons. The van der Waals surface area contributed by atoms with E-state index in [4.69, 9.17) is 14.5 Å². The Morgan fingerprint density at radius 1 is 1.00 bits per heavy atom. The van der Waals surface area contributed by atoms with Crippen LogP contribution in [0, 0.1) is 13.8 Å². The lowest BCUT2D eigenvalue weighted by Gasteiger charge is -2.13. The average molecular weight is 497 g/mol. The number of ether oxygens (including phenoxy) is 2. The SMILES string of the molecule is COCCOc1ncnc(C2CC2)c1-c1ncc2cnn(Cc3ccc(-n4nc(C)cc4C)cc3)c2n1. The van der Waals surface area contributed by atoms with Crippen LogP contribution in [0.15, 0.2) is 49.1 Å². The third-order valence-corrected chi connectivity index (χ3v) is 6.46. The number of benzene rings is 1. The Bertz CT molecular complexity index is 1550. The molecule has 4 aromatic heterocycles. The highest BCUT2D eigenvalue weighted by Crippen LogP contribution is 2.45. The molecule has 5 aromatic rings. The molecule has 0 atom stereocenters. The summed E-state index contributed by atoms with van der Waals surface area (Å²) in [6.45, 7) is 5.49. The van der Waals surface area contributed by atoms with Gasteiger partial charge in [-0.3, -0.25) is 0 Å². The van der Waals surface area contributed by atoms with E-state index in [1.807, 2.05) is 16.3 Å². The molecule has 4 heterocycles. The van der Waals surface area contributed by atoms with Gasteiger partial charge in [-0.05, 0) is 50.5 Å². The van der Waals surface area contributed by atoms with Crippen molar-refractivity contribution in [2.75, 3.05) is 20.3 Å². The van der Waals surface area contributed by atoms with Crippen LogP contribution in [0.2, 0.25) is 0 Å². The summed E-state index contributed by atoms with van der Waals surface area (Å²) in [6.07, 6.45) is 7.33. The minimum Gasteiger partial charge on any atom is -0.475 e. The Morgan fingerprint density at radius 2 is 1.84 bits per heavy atom. The monoisotopic (exact) mass is 496 g/mol. The molecule has 10 heteroatoms. The van der Waals surface area contributed by atoms with Crippen LogP contribution in [0.25, 0.3) is 28.1 Å². The molecule has 1 fully saturated rings. The Balaban J connectivity index is 1.32. The fraction of sp³-hybridized carbons (Fsp3) is 0.333. The van der Waals surface area contributed by atoms with E-state index in [0.29, 0.717) is 37.4 Å². The Labute approximate surface area is 214 Å². The second-order valence-electron chi connectivity index (χ2n) is 9.33. The van der Waals surface area contributed by atoms with E-state index in [2.05, 4.69) is 62.4 Å². The van der Waals surface area contributed by atoms with Crippen LogP contribution < -0.4 is 4.74 Å². The molecule has 37 heavy (non-hydrogen) atoms. The van der Waals surface area contributed by atoms with E-state index in [-0.39, 0.29) is 0 Å². The van der Waals surface area contributed by atoms with Gasteiger partial charge in [0, 0.05) is 24.9 Å². The van der Waals surface area contributed by atoms with Crippen molar-refractivity contribution in [3.63, 3.8) is 0 Å². The second-order valence-corrected chi connectivity index (χ2v) is 9.33. The number of nitrogens with zero attached hydrogens (tertiary/aromatic N) is 8. The summed E-state index contributed by atoms with van der Waals surface area (Å²) in [6, 6.07) is 10.4. The zero-order valence-corrected chi connectivity index (χ0v) is 21.1. The number of aryl methyl sites for hydroxylation is 2. The number of rotatable bonds is 9. The molecule has 0 saturated heterocycles. The molecule has 0 unspecified atom stereocenters. The Morgan fingerprint density at radius 3 is 2.57 bits per heavy atom. The van der Waals surface area contributed by atoms with E-state index in [1.165, 1.54) is 0 Å². The van der Waals surface area contributed by atoms with Crippen LogP contribution in [0.4, 0.5) is 0 Å². The average Bonchev–Trinajstić information content (AvgIpc) is 3.60. The van der Waals surface area contributed by atoms with Crippen molar-refractivity contribution in [3.05, 3.63) is 71.7 Å². The topological polar surface area (TPSA) is 106 Å². The van der Waals surface area contributed by atoms with Gasteiger partial charge in [0.2, 0.25) is 5.88 Å². The zero-order chi connectivity index (χ0) is 25.4. The first-order valence-electron chi connectivity index (χ1n) is 12.4. The zero-order valence-electron chi connectivity index (χ0n) is 21.1. The molecule has 1 saturated carbocycles. The largest absolute Gasteiger partial charge is 0.475 e. The minimum absolute atomic E-state index is 0.382. The molecule has 1 aromatic carbocycles. The maximum absolute atomic E-state index is 5.94. The van der Waals surface area contributed by atoms with Crippen LogP contribution in [-0.2, 0) is 11.3 Å². The summed E-state index contributed by atoms with van der Waals surface area (Å²) in [7, 11) is 1.64. The fourth-order valence-corrected chi connectivity index (χ4v) is 4.50. The molecule has 10 nitrogen and oxygen atoms in total. The van der Waals surface area contributed by atoms with Gasteiger partial charge in [-0.1, -0.05) is 12.1 Å². The normalized spacial score (nSPS) is 13.4. The minimum atomic E-state index is 0.382. The first-order chi connectivity index (χ1) is 18.1. The van der Waals surface area contributed by atoms with Gasteiger partial charge >= 0.3 is 0 Å². The van der Waals surface area contributed by atoms with Crippen LogP contribution >= 0.6 is 0 Å². The van der Waals surface area contributed by atoms with Gasteiger partial charge in [0.15, 0.2) is 11.5 Å². The van der Waals surface area contributed by atoms with Gasteiger partial charge in [-0.25, -0.2) is 29.3 Å². The maximum Gasteiger partial charge on any atom is 0.228 e. The molecule has 1 aliphatic rings.